The quantitative estimate of drug-likeness (QED) is 0.540. The van der Waals surface area contributed by atoms with Crippen molar-refractivity contribution in [1.82, 2.24) is 5.32 Å². The SMILES string of the molecule is C[C@@H]1NC(=S)[C@H]1C(C)(C)C. The molecule has 1 aliphatic heterocycles. The third-order valence-electron chi connectivity index (χ3n) is 2.09. The van der Waals surface area contributed by atoms with Crippen LogP contribution in [-0.4, -0.2) is 11.0 Å². The highest BCUT2D eigenvalue weighted by Gasteiger charge is 2.40. The summed E-state index contributed by atoms with van der Waals surface area (Å²) in [6.07, 6.45) is 0. The Labute approximate surface area is 68.2 Å². The van der Waals surface area contributed by atoms with E-state index in [1.807, 2.05) is 0 Å². The second-order valence-electron chi connectivity index (χ2n) is 4.14. The predicted molar refractivity (Wildman–Crippen MR) is 48.1 cm³/mol. The molecule has 1 fully saturated rings. The second-order valence-corrected chi connectivity index (χ2v) is 4.58. The van der Waals surface area contributed by atoms with Gasteiger partial charge in [0, 0.05) is 12.0 Å². The van der Waals surface area contributed by atoms with E-state index in [4.69, 9.17) is 12.2 Å². The van der Waals surface area contributed by atoms with Gasteiger partial charge in [0.05, 0.1) is 4.99 Å². The smallest absolute Gasteiger partial charge is 0.0812 e. The molecule has 0 aromatic rings. The Morgan fingerprint density at radius 3 is 2.00 bits per heavy atom. The fourth-order valence-electron chi connectivity index (χ4n) is 1.67. The van der Waals surface area contributed by atoms with E-state index in [1.54, 1.807) is 0 Å². The van der Waals surface area contributed by atoms with E-state index < -0.39 is 0 Å². The predicted octanol–water partition coefficient (Wildman–Crippen LogP) is 1.97. The Morgan fingerprint density at radius 2 is 1.90 bits per heavy atom. The first-order valence-electron chi connectivity index (χ1n) is 3.73. The average Bonchev–Trinajstić information content (AvgIpc) is 1.58. The van der Waals surface area contributed by atoms with Crippen molar-refractivity contribution >= 4 is 17.2 Å². The summed E-state index contributed by atoms with van der Waals surface area (Å²) in [5.41, 5.74) is 0.335. The lowest BCUT2D eigenvalue weighted by molar-refractivity contribution is 0.227. The lowest BCUT2D eigenvalue weighted by Crippen LogP contribution is -2.60. The summed E-state index contributed by atoms with van der Waals surface area (Å²) >= 11 is 5.12. The fourth-order valence-corrected chi connectivity index (χ4v) is 2.42. The van der Waals surface area contributed by atoms with Gasteiger partial charge in [-0.2, -0.15) is 0 Å². The van der Waals surface area contributed by atoms with Gasteiger partial charge in [-0.05, 0) is 12.3 Å². The van der Waals surface area contributed by atoms with E-state index in [0.29, 0.717) is 17.4 Å². The van der Waals surface area contributed by atoms with Crippen molar-refractivity contribution in [3.8, 4) is 0 Å². The minimum atomic E-state index is 0.335. The van der Waals surface area contributed by atoms with Gasteiger partial charge >= 0.3 is 0 Å². The van der Waals surface area contributed by atoms with Crippen molar-refractivity contribution in [3.63, 3.8) is 0 Å². The van der Waals surface area contributed by atoms with Gasteiger partial charge in [-0.15, -0.1) is 0 Å². The maximum Gasteiger partial charge on any atom is 0.0812 e. The lowest BCUT2D eigenvalue weighted by atomic mass is 9.72. The number of hydrogen-bond acceptors (Lipinski definition) is 1. The Balaban J connectivity index is 2.64. The number of nitrogens with one attached hydrogen (secondary N) is 1. The molecule has 0 radical (unpaired) electrons. The van der Waals surface area contributed by atoms with Gasteiger partial charge in [0.15, 0.2) is 0 Å². The third-order valence-corrected chi connectivity index (χ3v) is 2.46. The summed E-state index contributed by atoms with van der Waals surface area (Å²) < 4.78 is 0. The molecule has 2 atom stereocenters. The van der Waals surface area contributed by atoms with Crippen LogP contribution in [0, 0.1) is 11.3 Å². The van der Waals surface area contributed by atoms with Gasteiger partial charge in [-0.3, -0.25) is 0 Å². The molecule has 0 bridgehead atoms. The first-order valence-corrected chi connectivity index (χ1v) is 4.14. The molecule has 1 aliphatic rings. The van der Waals surface area contributed by atoms with Crippen LogP contribution in [0.2, 0.25) is 0 Å². The normalized spacial score (nSPS) is 33.0. The second kappa shape index (κ2) is 2.19. The van der Waals surface area contributed by atoms with E-state index in [-0.39, 0.29) is 0 Å². The van der Waals surface area contributed by atoms with Gasteiger partial charge in [-0.1, -0.05) is 33.0 Å². The van der Waals surface area contributed by atoms with Crippen LogP contribution < -0.4 is 5.32 Å². The van der Waals surface area contributed by atoms with Crippen molar-refractivity contribution in [2.75, 3.05) is 0 Å². The third kappa shape index (κ3) is 1.17. The van der Waals surface area contributed by atoms with Crippen molar-refractivity contribution in [1.29, 1.82) is 0 Å². The fraction of sp³-hybridized carbons (Fsp3) is 0.875. The molecule has 1 heterocycles. The summed E-state index contributed by atoms with van der Waals surface area (Å²) in [5.74, 6) is 0.586. The molecular weight excluding hydrogens is 142 g/mol. The Kier molecular flexibility index (Phi) is 1.75. The standard InChI is InChI=1S/C8H15NS/c1-5-6(7(10)9-5)8(2,3)4/h5-6H,1-4H3,(H,9,10)/t5-,6-/m0/s1. The molecular formula is C8H15NS. The monoisotopic (exact) mass is 157 g/mol. The van der Waals surface area contributed by atoms with Crippen LogP contribution in [-0.2, 0) is 0 Å². The van der Waals surface area contributed by atoms with E-state index in [2.05, 4.69) is 33.0 Å². The molecule has 0 aliphatic carbocycles. The number of rotatable bonds is 0. The lowest BCUT2D eigenvalue weighted by Gasteiger charge is -2.45. The van der Waals surface area contributed by atoms with Crippen LogP contribution in [0.1, 0.15) is 27.7 Å². The number of thiocarbonyl (C=S) groups is 1. The highest BCUT2D eigenvalue weighted by molar-refractivity contribution is 7.80. The van der Waals surface area contributed by atoms with Crippen molar-refractivity contribution in [3.05, 3.63) is 0 Å². The zero-order chi connectivity index (χ0) is 7.94. The molecule has 1 rings (SSSR count). The number of hydrogen-bond donors (Lipinski definition) is 1. The molecule has 2 heteroatoms. The maximum atomic E-state index is 5.12. The summed E-state index contributed by atoms with van der Waals surface area (Å²) in [7, 11) is 0. The van der Waals surface area contributed by atoms with Crippen LogP contribution in [0.15, 0.2) is 0 Å². The van der Waals surface area contributed by atoms with Crippen LogP contribution in [0.4, 0.5) is 0 Å². The van der Waals surface area contributed by atoms with E-state index in [1.165, 1.54) is 0 Å². The van der Waals surface area contributed by atoms with Crippen LogP contribution >= 0.6 is 12.2 Å². The molecule has 58 valence electrons. The molecule has 0 unspecified atom stereocenters. The minimum absolute atomic E-state index is 0.335. The summed E-state index contributed by atoms with van der Waals surface area (Å²) in [5, 5.41) is 3.19. The first kappa shape index (κ1) is 7.99. The molecule has 0 saturated carbocycles. The Hall–Kier alpha value is -0.110. The van der Waals surface area contributed by atoms with Gasteiger partial charge in [0.1, 0.15) is 0 Å². The van der Waals surface area contributed by atoms with Gasteiger partial charge < -0.3 is 5.32 Å². The zero-order valence-electron chi connectivity index (χ0n) is 7.06. The highest BCUT2D eigenvalue weighted by atomic mass is 32.1. The summed E-state index contributed by atoms with van der Waals surface area (Å²) in [6.45, 7) is 8.90. The van der Waals surface area contributed by atoms with Crippen LogP contribution in [0.5, 0.6) is 0 Å². The zero-order valence-corrected chi connectivity index (χ0v) is 7.88. The van der Waals surface area contributed by atoms with Gasteiger partial charge in [-0.25, -0.2) is 0 Å². The molecule has 1 saturated heterocycles. The maximum absolute atomic E-state index is 5.12. The average molecular weight is 157 g/mol. The van der Waals surface area contributed by atoms with Crippen LogP contribution in [0.25, 0.3) is 0 Å². The Bertz CT molecular complexity index is 157. The molecule has 0 amide bonds. The molecule has 1 nitrogen and oxygen atoms in total. The van der Waals surface area contributed by atoms with E-state index >= 15 is 0 Å². The van der Waals surface area contributed by atoms with E-state index in [0.717, 1.165) is 4.99 Å². The van der Waals surface area contributed by atoms with Crippen molar-refractivity contribution < 1.29 is 0 Å². The minimum Gasteiger partial charge on any atom is -0.376 e. The topological polar surface area (TPSA) is 12.0 Å². The summed E-state index contributed by atoms with van der Waals surface area (Å²) in [4.78, 5) is 1.04. The molecule has 0 aromatic heterocycles. The van der Waals surface area contributed by atoms with Crippen LogP contribution in [0.3, 0.4) is 0 Å². The molecule has 0 spiro atoms. The van der Waals surface area contributed by atoms with Crippen molar-refractivity contribution in [2.24, 2.45) is 11.3 Å². The highest BCUT2D eigenvalue weighted by Crippen LogP contribution is 2.34. The largest absolute Gasteiger partial charge is 0.376 e. The first-order chi connectivity index (χ1) is 4.43. The summed E-state index contributed by atoms with van der Waals surface area (Å²) in [6, 6.07) is 0.576. The van der Waals surface area contributed by atoms with E-state index in [9.17, 15) is 0 Å². The molecule has 0 aromatic carbocycles. The molecule has 1 N–H and O–H groups in total. The van der Waals surface area contributed by atoms with Gasteiger partial charge in [0.2, 0.25) is 0 Å². The van der Waals surface area contributed by atoms with Gasteiger partial charge in [0.25, 0.3) is 0 Å². The van der Waals surface area contributed by atoms with Crippen molar-refractivity contribution in [2.45, 2.75) is 33.7 Å². The molecule has 10 heavy (non-hydrogen) atoms. The Morgan fingerprint density at radius 1 is 1.40 bits per heavy atom.